The SMILES string of the molecule is O=C(NCCC(O)C(=O)O)c1c(F)cc(F)cc1F. The molecule has 0 heterocycles. The van der Waals surface area contributed by atoms with Crippen LogP contribution in [0.4, 0.5) is 13.2 Å². The standard InChI is InChI=1S/C11H10F3NO4/c12-5-3-6(13)9(7(14)4-5)10(17)15-2-1-8(16)11(18)19/h3-4,8,16H,1-2H2,(H,15,17)(H,18,19). The van der Waals surface area contributed by atoms with Crippen LogP contribution in [0, 0.1) is 17.5 Å². The van der Waals surface area contributed by atoms with Crippen molar-refractivity contribution in [2.75, 3.05) is 6.54 Å². The monoisotopic (exact) mass is 277 g/mol. The van der Waals surface area contributed by atoms with Gasteiger partial charge >= 0.3 is 5.97 Å². The van der Waals surface area contributed by atoms with Crippen LogP contribution in [0.3, 0.4) is 0 Å². The van der Waals surface area contributed by atoms with Gasteiger partial charge in [0, 0.05) is 25.1 Å². The molecule has 1 unspecified atom stereocenters. The maximum atomic E-state index is 13.2. The lowest BCUT2D eigenvalue weighted by molar-refractivity contribution is -0.146. The first-order chi connectivity index (χ1) is 8.82. The highest BCUT2D eigenvalue weighted by molar-refractivity contribution is 5.94. The fourth-order valence-corrected chi connectivity index (χ4v) is 1.29. The molecule has 1 aromatic rings. The Morgan fingerprint density at radius 3 is 2.21 bits per heavy atom. The van der Waals surface area contributed by atoms with Gasteiger partial charge in [-0.3, -0.25) is 4.79 Å². The van der Waals surface area contributed by atoms with Gasteiger partial charge in [0.1, 0.15) is 23.0 Å². The van der Waals surface area contributed by atoms with E-state index in [-0.39, 0.29) is 13.0 Å². The van der Waals surface area contributed by atoms with E-state index in [0.29, 0.717) is 12.1 Å². The summed E-state index contributed by atoms with van der Waals surface area (Å²) in [6.45, 7) is -0.303. The van der Waals surface area contributed by atoms with Crippen LogP contribution < -0.4 is 5.32 Å². The van der Waals surface area contributed by atoms with Gasteiger partial charge in [0.25, 0.3) is 5.91 Å². The van der Waals surface area contributed by atoms with Crippen molar-refractivity contribution in [1.29, 1.82) is 0 Å². The quantitative estimate of drug-likeness (QED) is 0.738. The summed E-state index contributed by atoms with van der Waals surface area (Å²) in [6.07, 6.45) is -2.02. The van der Waals surface area contributed by atoms with Crippen LogP contribution in [0.15, 0.2) is 12.1 Å². The molecule has 0 fully saturated rings. The molecule has 1 amide bonds. The second kappa shape index (κ2) is 6.19. The Hall–Kier alpha value is -2.09. The van der Waals surface area contributed by atoms with E-state index in [1.54, 1.807) is 0 Å². The summed E-state index contributed by atoms with van der Waals surface area (Å²) in [4.78, 5) is 21.7. The minimum absolute atomic E-state index is 0.303. The lowest BCUT2D eigenvalue weighted by Crippen LogP contribution is -2.31. The predicted molar refractivity (Wildman–Crippen MR) is 56.9 cm³/mol. The average Bonchev–Trinajstić information content (AvgIpc) is 2.26. The molecule has 0 spiro atoms. The number of hydrogen-bond donors (Lipinski definition) is 3. The number of aliphatic hydroxyl groups is 1. The molecule has 3 N–H and O–H groups in total. The predicted octanol–water partition coefficient (Wildman–Crippen LogP) is 0.669. The molecular formula is C11H10F3NO4. The molecule has 0 bridgehead atoms. The zero-order chi connectivity index (χ0) is 14.6. The van der Waals surface area contributed by atoms with Crippen molar-refractivity contribution in [1.82, 2.24) is 5.32 Å². The zero-order valence-electron chi connectivity index (χ0n) is 9.49. The average molecular weight is 277 g/mol. The van der Waals surface area contributed by atoms with Crippen molar-refractivity contribution < 1.29 is 33.0 Å². The zero-order valence-corrected chi connectivity index (χ0v) is 9.49. The molecule has 0 aliphatic carbocycles. The number of nitrogens with one attached hydrogen (secondary N) is 1. The Balaban J connectivity index is 2.67. The van der Waals surface area contributed by atoms with Crippen LogP contribution in [0.5, 0.6) is 0 Å². The van der Waals surface area contributed by atoms with Gasteiger partial charge in [-0.15, -0.1) is 0 Å². The Morgan fingerprint density at radius 1 is 1.21 bits per heavy atom. The molecule has 0 saturated carbocycles. The molecule has 0 radical (unpaired) electrons. The molecule has 0 aliphatic heterocycles. The first-order valence-electron chi connectivity index (χ1n) is 5.16. The molecule has 1 rings (SSSR count). The first kappa shape index (κ1) is 15.0. The number of carboxylic acid groups (broad SMARTS) is 1. The summed E-state index contributed by atoms with van der Waals surface area (Å²) in [7, 11) is 0. The van der Waals surface area contributed by atoms with Crippen molar-refractivity contribution in [3.63, 3.8) is 0 Å². The van der Waals surface area contributed by atoms with E-state index in [1.807, 2.05) is 5.32 Å². The van der Waals surface area contributed by atoms with Gasteiger partial charge in [-0.25, -0.2) is 18.0 Å². The van der Waals surface area contributed by atoms with E-state index in [4.69, 9.17) is 10.2 Å². The molecule has 1 aromatic carbocycles. The first-order valence-corrected chi connectivity index (χ1v) is 5.16. The second-order valence-corrected chi connectivity index (χ2v) is 3.64. The Kier molecular flexibility index (Phi) is 4.87. The molecule has 0 saturated heterocycles. The number of rotatable bonds is 5. The van der Waals surface area contributed by atoms with Gasteiger partial charge in [-0.1, -0.05) is 0 Å². The van der Waals surface area contributed by atoms with Crippen LogP contribution in [-0.2, 0) is 4.79 Å². The number of amides is 1. The number of halogens is 3. The molecule has 5 nitrogen and oxygen atoms in total. The summed E-state index contributed by atoms with van der Waals surface area (Å²) in [5.74, 6) is -6.53. The summed E-state index contributed by atoms with van der Waals surface area (Å²) in [5.41, 5.74) is -0.966. The lowest BCUT2D eigenvalue weighted by Gasteiger charge is -2.08. The number of benzene rings is 1. The van der Waals surface area contributed by atoms with Gasteiger partial charge < -0.3 is 15.5 Å². The number of aliphatic carboxylic acids is 1. The van der Waals surface area contributed by atoms with Crippen molar-refractivity contribution in [3.8, 4) is 0 Å². The van der Waals surface area contributed by atoms with Crippen LogP contribution in [0.1, 0.15) is 16.8 Å². The topological polar surface area (TPSA) is 86.6 Å². The van der Waals surface area contributed by atoms with Crippen molar-refractivity contribution in [2.24, 2.45) is 0 Å². The molecule has 8 heteroatoms. The summed E-state index contributed by atoms with van der Waals surface area (Å²) in [6, 6.07) is 0.703. The van der Waals surface area contributed by atoms with Crippen LogP contribution in [0.2, 0.25) is 0 Å². The smallest absolute Gasteiger partial charge is 0.332 e. The number of hydrogen-bond acceptors (Lipinski definition) is 3. The van der Waals surface area contributed by atoms with Crippen molar-refractivity contribution in [3.05, 3.63) is 35.1 Å². The number of carbonyl (C=O) groups excluding carboxylic acids is 1. The highest BCUT2D eigenvalue weighted by Crippen LogP contribution is 2.14. The van der Waals surface area contributed by atoms with E-state index >= 15 is 0 Å². The van der Waals surface area contributed by atoms with Crippen LogP contribution >= 0.6 is 0 Å². The lowest BCUT2D eigenvalue weighted by atomic mass is 10.1. The Morgan fingerprint density at radius 2 is 1.74 bits per heavy atom. The summed E-state index contributed by atoms with van der Waals surface area (Å²) in [5, 5.41) is 19.3. The minimum atomic E-state index is -1.69. The third-order valence-corrected chi connectivity index (χ3v) is 2.22. The van der Waals surface area contributed by atoms with E-state index in [9.17, 15) is 22.8 Å². The largest absolute Gasteiger partial charge is 0.479 e. The fraction of sp³-hybridized carbons (Fsp3) is 0.273. The van der Waals surface area contributed by atoms with Crippen molar-refractivity contribution in [2.45, 2.75) is 12.5 Å². The summed E-state index contributed by atoms with van der Waals surface area (Å²) >= 11 is 0. The maximum absolute atomic E-state index is 13.2. The van der Waals surface area contributed by atoms with Crippen LogP contribution in [-0.4, -0.2) is 34.7 Å². The molecule has 1 atom stereocenters. The second-order valence-electron chi connectivity index (χ2n) is 3.64. The van der Waals surface area contributed by atoms with Gasteiger partial charge in [0.05, 0.1) is 0 Å². The third-order valence-electron chi connectivity index (χ3n) is 2.22. The van der Waals surface area contributed by atoms with Gasteiger partial charge in [-0.05, 0) is 0 Å². The van der Waals surface area contributed by atoms with Crippen LogP contribution in [0.25, 0.3) is 0 Å². The van der Waals surface area contributed by atoms with E-state index in [2.05, 4.69) is 0 Å². The van der Waals surface area contributed by atoms with Gasteiger partial charge in [-0.2, -0.15) is 0 Å². The maximum Gasteiger partial charge on any atom is 0.332 e. The molecule has 104 valence electrons. The third kappa shape index (κ3) is 3.95. The Bertz CT molecular complexity index is 484. The van der Waals surface area contributed by atoms with E-state index in [1.165, 1.54) is 0 Å². The van der Waals surface area contributed by atoms with E-state index < -0.39 is 41.0 Å². The van der Waals surface area contributed by atoms with Crippen molar-refractivity contribution >= 4 is 11.9 Å². The molecule has 19 heavy (non-hydrogen) atoms. The Labute approximate surface area is 105 Å². The minimum Gasteiger partial charge on any atom is -0.479 e. The van der Waals surface area contributed by atoms with Gasteiger partial charge in [0.2, 0.25) is 0 Å². The number of carbonyl (C=O) groups is 2. The summed E-state index contributed by atoms with van der Waals surface area (Å²) < 4.78 is 39.0. The number of aliphatic hydroxyl groups excluding tert-OH is 1. The van der Waals surface area contributed by atoms with Gasteiger partial charge in [0.15, 0.2) is 6.10 Å². The normalized spacial score (nSPS) is 12.0. The number of carboxylic acids is 1. The molecular weight excluding hydrogens is 267 g/mol. The molecule has 0 aliphatic rings. The van der Waals surface area contributed by atoms with E-state index in [0.717, 1.165) is 0 Å². The fourth-order valence-electron chi connectivity index (χ4n) is 1.29. The highest BCUT2D eigenvalue weighted by Gasteiger charge is 2.19. The highest BCUT2D eigenvalue weighted by atomic mass is 19.1. The molecule has 0 aromatic heterocycles.